The summed E-state index contributed by atoms with van der Waals surface area (Å²) in [7, 11) is 0. The average Bonchev–Trinajstić information content (AvgIpc) is 3.00. The molecule has 0 unspecified atom stereocenters. The molecular weight excluding hydrogens is 288 g/mol. The molecule has 22 heavy (non-hydrogen) atoms. The minimum Gasteiger partial charge on any atom is -0.478 e. The summed E-state index contributed by atoms with van der Waals surface area (Å²) in [5, 5.41) is 11.6. The normalized spacial score (nSPS) is 12.0. The fraction of sp³-hybridized carbons (Fsp3) is 0.133. The molecule has 1 aliphatic heterocycles. The predicted molar refractivity (Wildman–Crippen MR) is 74.9 cm³/mol. The van der Waals surface area contributed by atoms with Crippen molar-refractivity contribution in [2.24, 2.45) is 0 Å². The molecule has 0 saturated heterocycles. The lowest BCUT2D eigenvalue weighted by Gasteiger charge is -2.06. The number of benzene rings is 1. The summed E-state index contributed by atoms with van der Waals surface area (Å²) in [6, 6.07) is 7.71. The van der Waals surface area contributed by atoms with E-state index in [1.165, 1.54) is 18.3 Å². The molecule has 0 atom stereocenters. The third kappa shape index (κ3) is 2.83. The Bertz CT molecular complexity index is 744. The molecule has 0 bridgehead atoms. The number of carbonyl (C=O) groups is 2. The van der Waals surface area contributed by atoms with Crippen molar-refractivity contribution in [2.45, 2.75) is 6.54 Å². The maximum Gasteiger partial charge on any atom is 0.335 e. The Morgan fingerprint density at radius 2 is 1.95 bits per heavy atom. The highest BCUT2D eigenvalue weighted by atomic mass is 16.7. The van der Waals surface area contributed by atoms with Gasteiger partial charge in [0.1, 0.15) is 0 Å². The van der Waals surface area contributed by atoms with Crippen LogP contribution in [-0.2, 0) is 6.54 Å². The monoisotopic (exact) mass is 300 g/mol. The number of carbonyl (C=O) groups excluding carboxylic acids is 1. The van der Waals surface area contributed by atoms with Gasteiger partial charge >= 0.3 is 5.97 Å². The van der Waals surface area contributed by atoms with Gasteiger partial charge < -0.3 is 19.9 Å². The summed E-state index contributed by atoms with van der Waals surface area (Å²) in [6.07, 6.45) is 1.39. The summed E-state index contributed by atoms with van der Waals surface area (Å²) in [5.41, 5.74) is 1.02. The van der Waals surface area contributed by atoms with Crippen molar-refractivity contribution in [2.75, 3.05) is 6.79 Å². The van der Waals surface area contributed by atoms with E-state index in [2.05, 4.69) is 10.3 Å². The van der Waals surface area contributed by atoms with Crippen molar-refractivity contribution >= 4 is 11.9 Å². The molecule has 112 valence electrons. The Morgan fingerprint density at radius 3 is 2.77 bits per heavy atom. The molecular formula is C15H12N2O5. The first kappa shape index (κ1) is 13.9. The number of hydrogen-bond donors (Lipinski definition) is 2. The maximum atomic E-state index is 12.1. The van der Waals surface area contributed by atoms with Gasteiger partial charge in [-0.1, -0.05) is 0 Å². The Morgan fingerprint density at radius 1 is 1.14 bits per heavy atom. The first-order valence-corrected chi connectivity index (χ1v) is 6.49. The van der Waals surface area contributed by atoms with Crippen LogP contribution in [0, 0.1) is 0 Å². The number of rotatable bonds is 4. The Balaban J connectivity index is 1.67. The van der Waals surface area contributed by atoms with Crippen molar-refractivity contribution in [1.29, 1.82) is 0 Å². The van der Waals surface area contributed by atoms with E-state index in [4.69, 9.17) is 14.6 Å². The van der Waals surface area contributed by atoms with Gasteiger partial charge in [-0.2, -0.15) is 0 Å². The second-order valence-corrected chi connectivity index (χ2v) is 4.59. The number of nitrogens with one attached hydrogen (secondary N) is 1. The van der Waals surface area contributed by atoms with Gasteiger partial charge in [0.05, 0.1) is 17.8 Å². The summed E-state index contributed by atoms with van der Waals surface area (Å²) in [4.78, 5) is 27.0. The number of carboxylic acids is 1. The lowest BCUT2D eigenvalue weighted by atomic mass is 10.2. The van der Waals surface area contributed by atoms with Crippen molar-refractivity contribution in [3.63, 3.8) is 0 Å². The van der Waals surface area contributed by atoms with E-state index in [-0.39, 0.29) is 24.8 Å². The second-order valence-electron chi connectivity index (χ2n) is 4.59. The molecule has 7 nitrogen and oxygen atoms in total. The van der Waals surface area contributed by atoms with Gasteiger partial charge in [-0.3, -0.25) is 9.78 Å². The molecule has 2 aromatic rings. The lowest BCUT2D eigenvalue weighted by molar-refractivity contribution is 0.0696. The Labute approximate surface area is 125 Å². The van der Waals surface area contributed by atoms with Crippen LogP contribution in [0.25, 0.3) is 0 Å². The van der Waals surface area contributed by atoms with Gasteiger partial charge in [0.2, 0.25) is 6.79 Å². The molecule has 0 aliphatic carbocycles. The van der Waals surface area contributed by atoms with Crippen LogP contribution >= 0.6 is 0 Å². The molecule has 0 fully saturated rings. The zero-order valence-electron chi connectivity index (χ0n) is 11.4. The number of aromatic nitrogens is 1. The quantitative estimate of drug-likeness (QED) is 0.886. The summed E-state index contributed by atoms with van der Waals surface area (Å²) < 4.78 is 10.4. The molecule has 3 rings (SSSR count). The third-order valence-electron chi connectivity index (χ3n) is 3.13. The number of pyridine rings is 1. The molecule has 1 aliphatic rings. The fourth-order valence-electron chi connectivity index (χ4n) is 2.02. The fourth-order valence-corrected chi connectivity index (χ4v) is 2.02. The van der Waals surface area contributed by atoms with Crippen LogP contribution in [0.2, 0.25) is 0 Å². The van der Waals surface area contributed by atoms with Crippen molar-refractivity contribution in [1.82, 2.24) is 10.3 Å². The zero-order valence-corrected chi connectivity index (χ0v) is 11.4. The summed E-state index contributed by atoms with van der Waals surface area (Å²) >= 11 is 0. The van der Waals surface area contributed by atoms with Crippen molar-refractivity contribution < 1.29 is 24.2 Å². The molecule has 0 spiro atoms. The molecule has 7 heteroatoms. The number of carboxylic acid groups (broad SMARTS) is 1. The topological polar surface area (TPSA) is 97.8 Å². The van der Waals surface area contributed by atoms with Gasteiger partial charge in [-0.25, -0.2) is 4.79 Å². The maximum absolute atomic E-state index is 12.1. The molecule has 0 saturated carbocycles. The van der Waals surface area contributed by atoms with Crippen LogP contribution in [0.4, 0.5) is 0 Å². The summed E-state index contributed by atoms with van der Waals surface area (Å²) in [6.45, 7) is 0.278. The van der Waals surface area contributed by atoms with E-state index in [0.717, 1.165) is 0 Å². The highest BCUT2D eigenvalue weighted by Gasteiger charge is 2.16. The average molecular weight is 300 g/mol. The van der Waals surface area contributed by atoms with Gasteiger partial charge in [0.25, 0.3) is 5.91 Å². The highest BCUT2D eigenvalue weighted by molar-refractivity contribution is 5.95. The predicted octanol–water partition coefficient (Wildman–Crippen LogP) is 1.44. The van der Waals surface area contributed by atoms with Crippen LogP contribution in [0.5, 0.6) is 11.5 Å². The Hall–Kier alpha value is -3.09. The van der Waals surface area contributed by atoms with Crippen LogP contribution in [-0.4, -0.2) is 28.8 Å². The first-order valence-electron chi connectivity index (χ1n) is 6.49. The standard InChI is InChI=1S/C15H12N2O5/c18-14(9-1-2-12-13(6-9)22-8-21-12)17-7-11-5-10(15(19)20)3-4-16-11/h1-6H,7-8H2,(H,17,18)(H,19,20). The molecule has 1 amide bonds. The minimum atomic E-state index is -1.04. The van der Waals surface area contributed by atoms with E-state index in [1.807, 2.05) is 0 Å². The van der Waals surface area contributed by atoms with Gasteiger partial charge in [-0.05, 0) is 30.3 Å². The van der Waals surface area contributed by atoms with Gasteiger partial charge in [0, 0.05) is 11.8 Å². The highest BCUT2D eigenvalue weighted by Crippen LogP contribution is 2.32. The molecule has 2 heterocycles. The zero-order chi connectivity index (χ0) is 15.5. The van der Waals surface area contributed by atoms with E-state index in [9.17, 15) is 9.59 Å². The van der Waals surface area contributed by atoms with E-state index >= 15 is 0 Å². The van der Waals surface area contributed by atoms with Crippen LogP contribution in [0.15, 0.2) is 36.5 Å². The minimum absolute atomic E-state index is 0.127. The molecule has 2 N–H and O–H groups in total. The number of ether oxygens (including phenoxy) is 2. The van der Waals surface area contributed by atoms with Crippen molar-refractivity contribution in [3.05, 3.63) is 53.3 Å². The number of nitrogens with zero attached hydrogens (tertiary/aromatic N) is 1. The van der Waals surface area contributed by atoms with E-state index in [0.29, 0.717) is 22.8 Å². The number of amides is 1. The smallest absolute Gasteiger partial charge is 0.335 e. The van der Waals surface area contributed by atoms with Gasteiger partial charge in [-0.15, -0.1) is 0 Å². The SMILES string of the molecule is O=C(O)c1ccnc(CNC(=O)c2ccc3c(c2)OCO3)c1. The largest absolute Gasteiger partial charge is 0.478 e. The number of aromatic carboxylic acids is 1. The number of hydrogen-bond acceptors (Lipinski definition) is 5. The first-order chi connectivity index (χ1) is 10.6. The molecule has 0 radical (unpaired) electrons. The molecule has 1 aromatic carbocycles. The number of fused-ring (bicyclic) bond motifs is 1. The van der Waals surface area contributed by atoms with Crippen LogP contribution in [0.3, 0.4) is 0 Å². The lowest BCUT2D eigenvalue weighted by Crippen LogP contribution is -2.23. The molecule has 1 aromatic heterocycles. The van der Waals surface area contributed by atoms with E-state index < -0.39 is 5.97 Å². The summed E-state index contributed by atoms with van der Waals surface area (Å²) in [5.74, 6) is -0.211. The van der Waals surface area contributed by atoms with Crippen LogP contribution < -0.4 is 14.8 Å². The van der Waals surface area contributed by atoms with Crippen LogP contribution in [0.1, 0.15) is 26.4 Å². The van der Waals surface area contributed by atoms with Gasteiger partial charge in [0.15, 0.2) is 11.5 Å². The van der Waals surface area contributed by atoms with Crippen molar-refractivity contribution in [3.8, 4) is 11.5 Å². The Kier molecular flexibility index (Phi) is 3.61. The third-order valence-corrected chi connectivity index (χ3v) is 3.13. The second kappa shape index (κ2) is 5.72. The van der Waals surface area contributed by atoms with E-state index in [1.54, 1.807) is 18.2 Å².